The molecule has 28 heavy (non-hydrogen) atoms. The van der Waals surface area contributed by atoms with Gasteiger partial charge in [-0.2, -0.15) is 13.2 Å². The Morgan fingerprint density at radius 2 is 1.96 bits per heavy atom. The first kappa shape index (κ1) is 18.1. The minimum Gasteiger partial charge on any atom is -0.366 e. The maximum absolute atomic E-state index is 12.9. The molecule has 0 saturated carbocycles. The lowest BCUT2D eigenvalue weighted by Crippen LogP contribution is -2.07. The number of nitrogens with one attached hydrogen (secondary N) is 1. The highest BCUT2D eigenvalue weighted by atomic mass is 19.4. The zero-order chi connectivity index (χ0) is 19.7. The van der Waals surface area contributed by atoms with Crippen molar-refractivity contribution in [2.24, 2.45) is 0 Å². The van der Waals surface area contributed by atoms with Crippen molar-refractivity contribution in [3.63, 3.8) is 0 Å². The van der Waals surface area contributed by atoms with E-state index in [-0.39, 0.29) is 17.2 Å². The average Bonchev–Trinajstić information content (AvgIpc) is 3.07. The van der Waals surface area contributed by atoms with E-state index < -0.39 is 11.7 Å². The molecule has 0 bridgehead atoms. The summed E-state index contributed by atoms with van der Waals surface area (Å²) in [5, 5.41) is 3.16. The molecule has 1 aromatic carbocycles. The molecular formula is C20H15F3N4O. The van der Waals surface area contributed by atoms with Gasteiger partial charge in [-0.25, -0.2) is 9.97 Å². The van der Waals surface area contributed by atoms with Crippen LogP contribution in [-0.2, 0) is 30.4 Å². The molecule has 1 aliphatic carbocycles. The summed E-state index contributed by atoms with van der Waals surface area (Å²) in [6, 6.07) is 8.42. The largest absolute Gasteiger partial charge is 0.417 e. The molecule has 1 aliphatic rings. The van der Waals surface area contributed by atoms with Gasteiger partial charge < -0.3 is 5.32 Å². The molecule has 2 heterocycles. The zero-order valence-corrected chi connectivity index (χ0v) is 14.6. The highest BCUT2D eigenvalue weighted by Crippen LogP contribution is 2.31. The second-order valence-electron chi connectivity index (χ2n) is 6.53. The second kappa shape index (κ2) is 7.03. The number of carbonyl (C=O) groups excluding carboxylic acids is 1. The SMILES string of the molecule is O=C1Cc2cccc(CNc3ccnc(-c4cncc(C(F)(F)F)c4)n3)c2C1. The number of rotatable bonds is 4. The van der Waals surface area contributed by atoms with Gasteiger partial charge in [-0.15, -0.1) is 0 Å². The van der Waals surface area contributed by atoms with Crippen LogP contribution in [0.3, 0.4) is 0 Å². The van der Waals surface area contributed by atoms with E-state index in [4.69, 9.17) is 0 Å². The molecule has 5 nitrogen and oxygen atoms in total. The molecule has 0 radical (unpaired) electrons. The number of ketones is 1. The Kier molecular flexibility index (Phi) is 4.54. The normalized spacial score (nSPS) is 13.5. The summed E-state index contributed by atoms with van der Waals surface area (Å²) in [6.07, 6.45) is -0.0533. The molecule has 142 valence electrons. The van der Waals surface area contributed by atoms with Crippen molar-refractivity contribution >= 4 is 11.6 Å². The average molecular weight is 384 g/mol. The lowest BCUT2D eigenvalue weighted by molar-refractivity contribution is -0.137. The van der Waals surface area contributed by atoms with Crippen LogP contribution in [-0.4, -0.2) is 20.7 Å². The van der Waals surface area contributed by atoms with Crippen molar-refractivity contribution < 1.29 is 18.0 Å². The Bertz CT molecular complexity index is 1050. The quantitative estimate of drug-likeness (QED) is 0.740. The summed E-state index contributed by atoms with van der Waals surface area (Å²) in [7, 11) is 0. The number of hydrogen-bond donors (Lipinski definition) is 1. The van der Waals surface area contributed by atoms with Crippen molar-refractivity contribution in [2.45, 2.75) is 25.6 Å². The van der Waals surface area contributed by atoms with Gasteiger partial charge in [0, 0.05) is 43.5 Å². The first-order valence-corrected chi connectivity index (χ1v) is 8.61. The number of nitrogens with zero attached hydrogens (tertiary/aromatic N) is 3. The Balaban J connectivity index is 1.55. The molecule has 0 unspecified atom stereocenters. The molecule has 3 aromatic rings. The number of Topliss-reactive ketones (excluding diaryl/α,β-unsaturated/α-hetero) is 1. The summed E-state index contributed by atoms with van der Waals surface area (Å²) in [6.45, 7) is 0.452. The number of fused-ring (bicyclic) bond motifs is 1. The molecule has 0 atom stereocenters. The van der Waals surface area contributed by atoms with Crippen LogP contribution in [0.15, 0.2) is 48.9 Å². The fraction of sp³-hybridized carbons (Fsp3) is 0.200. The van der Waals surface area contributed by atoms with E-state index in [0.717, 1.165) is 29.0 Å². The summed E-state index contributed by atoms with van der Waals surface area (Å²) >= 11 is 0. The lowest BCUT2D eigenvalue weighted by Gasteiger charge is -2.11. The van der Waals surface area contributed by atoms with Gasteiger partial charge in [0.1, 0.15) is 11.6 Å². The summed E-state index contributed by atoms with van der Waals surface area (Å²) in [4.78, 5) is 23.7. The van der Waals surface area contributed by atoms with Crippen LogP contribution in [0, 0.1) is 0 Å². The van der Waals surface area contributed by atoms with E-state index in [0.29, 0.717) is 25.2 Å². The Labute approximate surface area is 158 Å². The van der Waals surface area contributed by atoms with Gasteiger partial charge in [0.25, 0.3) is 0 Å². The minimum absolute atomic E-state index is 0.150. The molecule has 2 aromatic heterocycles. The third-order valence-corrected chi connectivity index (χ3v) is 4.57. The maximum Gasteiger partial charge on any atom is 0.417 e. The number of halogens is 3. The van der Waals surface area contributed by atoms with E-state index >= 15 is 0 Å². The number of anilines is 1. The first-order valence-electron chi connectivity index (χ1n) is 8.61. The lowest BCUT2D eigenvalue weighted by atomic mass is 10.0. The fourth-order valence-corrected chi connectivity index (χ4v) is 3.22. The van der Waals surface area contributed by atoms with Gasteiger partial charge in [-0.1, -0.05) is 18.2 Å². The van der Waals surface area contributed by atoms with Crippen LogP contribution in [0.4, 0.5) is 19.0 Å². The van der Waals surface area contributed by atoms with E-state index in [1.807, 2.05) is 18.2 Å². The zero-order valence-electron chi connectivity index (χ0n) is 14.6. The molecule has 8 heteroatoms. The Morgan fingerprint density at radius 1 is 1.11 bits per heavy atom. The van der Waals surface area contributed by atoms with Crippen molar-refractivity contribution in [3.05, 3.63) is 71.2 Å². The van der Waals surface area contributed by atoms with Gasteiger partial charge in [-0.3, -0.25) is 9.78 Å². The predicted molar refractivity (Wildman–Crippen MR) is 96.4 cm³/mol. The molecule has 0 fully saturated rings. The summed E-state index contributed by atoms with van der Waals surface area (Å²) in [5.74, 6) is 0.824. The van der Waals surface area contributed by atoms with Crippen LogP contribution < -0.4 is 5.32 Å². The number of benzene rings is 1. The van der Waals surface area contributed by atoms with Crippen molar-refractivity contribution in [1.82, 2.24) is 15.0 Å². The predicted octanol–water partition coefficient (Wildman–Crippen LogP) is 3.84. The van der Waals surface area contributed by atoms with Gasteiger partial charge in [-0.05, 0) is 28.8 Å². The standard InChI is InChI=1S/C20H15F3N4O/c21-20(22,23)15-6-14(9-24-11-15)19-25-5-4-18(27-19)26-10-13-3-1-2-12-7-16(28)8-17(12)13/h1-6,9,11H,7-8,10H2,(H,25,26,27). The Morgan fingerprint density at radius 3 is 2.79 bits per heavy atom. The van der Waals surface area contributed by atoms with E-state index in [1.165, 1.54) is 12.4 Å². The van der Waals surface area contributed by atoms with Crippen LogP contribution in [0.5, 0.6) is 0 Å². The van der Waals surface area contributed by atoms with E-state index in [2.05, 4.69) is 20.3 Å². The maximum atomic E-state index is 12.9. The molecule has 0 spiro atoms. The summed E-state index contributed by atoms with van der Waals surface area (Å²) in [5.41, 5.74) is 2.42. The second-order valence-corrected chi connectivity index (χ2v) is 6.53. The molecule has 0 amide bonds. The number of carbonyl (C=O) groups is 1. The highest BCUT2D eigenvalue weighted by molar-refractivity contribution is 5.88. The van der Waals surface area contributed by atoms with Gasteiger partial charge in [0.05, 0.1) is 5.56 Å². The van der Waals surface area contributed by atoms with E-state index in [1.54, 1.807) is 6.07 Å². The number of pyridine rings is 1. The van der Waals surface area contributed by atoms with Gasteiger partial charge in [0.15, 0.2) is 5.82 Å². The first-order chi connectivity index (χ1) is 13.4. The minimum atomic E-state index is -4.48. The highest BCUT2D eigenvalue weighted by Gasteiger charge is 2.31. The number of alkyl halides is 3. The summed E-state index contributed by atoms with van der Waals surface area (Å²) < 4.78 is 38.7. The molecular weight excluding hydrogens is 369 g/mol. The van der Waals surface area contributed by atoms with Crippen LogP contribution in [0.1, 0.15) is 22.3 Å². The van der Waals surface area contributed by atoms with Crippen LogP contribution in [0.25, 0.3) is 11.4 Å². The molecule has 0 aliphatic heterocycles. The van der Waals surface area contributed by atoms with Gasteiger partial charge in [0.2, 0.25) is 0 Å². The number of aromatic nitrogens is 3. The van der Waals surface area contributed by atoms with E-state index in [9.17, 15) is 18.0 Å². The number of hydrogen-bond acceptors (Lipinski definition) is 5. The third-order valence-electron chi connectivity index (χ3n) is 4.57. The molecule has 4 rings (SSSR count). The fourth-order valence-electron chi connectivity index (χ4n) is 3.22. The smallest absolute Gasteiger partial charge is 0.366 e. The monoisotopic (exact) mass is 384 g/mol. The van der Waals surface area contributed by atoms with Crippen molar-refractivity contribution in [1.29, 1.82) is 0 Å². The third kappa shape index (κ3) is 3.71. The van der Waals surface area contributed by atoms with Gasteiger partial charge >= 0.3 is 6.18 Å². The Hall–Kier alpha value is -3.29. The van der Waals surface area contributed by atoms with Crippen LogP contribution in [0.2, 0.25) is 0 Å². The van der Waals surface area contributed by atoms with Crippen molar-refractivity contribution in [3.8, 4) is 11.4 Å². The topological polar surface area (TPSA) is 67.8 Å². The molecule has 0 saturated heterocycles. The van der Waals surface area contributed by atoms with Crippen LogP contribution >= 0.6 is 0 Å². The van der Waals surface area contributed by atoms with Crippen molar-refractivity contribution in [2.75, 3.05) is 5.32 Å². The molecule has 1 N–H and O–H groups in total.